The van der Waals surface area contributed by atoms with Crippen LogP contribution in [0.2, 0.25) is 5.02 Å². The molecule has 2 N–H and O–H groups in total. The number of hydrogen-bond donors (Lipinski definition) is 1. The molecule has 0 bridgehead atoms. The molecule has 0 aliphatic carbocycles. The summed E-state index contributed by atoms with van der Waals surface area (Å²) in [4.78, 5) is 2.27. The first-order valence-electron chi connectivity index (χ1n) is 7.09. The van der Waals surface area contributed by atoms with Crippen molar-refractivity contribution in [2.24, 2.45) is 0 Å². The highest BCUT2D eigenvalue weighted by Crippen LogP contribution is 2.19. The topological polar surface area (TPSA) is 47.7 Å². The lowest BCUT2D eigenvalue weighted by Crippen LogP contribution is -2.31. The van der Waals surface area contributed by atoms with Gasteiger partial charge >= 0.3 is 0 Å². The van der Waals surface area contributed by atoms with Gasteiger partial charge in [-0.15, -0.1) is 0 Å². The summed E-state index contributed by atoms with van der Waals surface area (Å²) in [7, 11) is 0. The fraction of sp³-hybridized carbons (Fsp3) is 0.600. The summed E-state index contributed by atoms with van der Waals surface area (Å²) in [6, 6.07) is 5.58. The van der Waals surface area contributed by atoms with Crippen molar-refractivity contribution in [1.29, 1.82) is 0 Å². The summed E-state index contributed by atoms with van der Waals surface area (Å²) < 4.78 is 10.8. The molecule has 1 aromatic carbocycles. The second kappa shape index (κ2) is 10.00. The van der Waals surface area contributed by atoms with Gasteiger partial charge in [-0.1, -0.05) is 11.6 Å². The largest absolute Gasteiger partial charge is 0.398 e. The van der Waals surface area contributed by atoms with Gasteiger partial charge in [-0.05, 0) is 37.6 Å². The molecular weight excluding hydrogens is 276 g/mol. The Hall–Kier alpha value is -0.810. The molecule has 0 heterocycles. The lowest BCUT2D eigenvalue weighted by atomic mass is 10.1. The van der Waals surface area contributed by atoms with Crippen LogP contribution in [0.5, 0.6) is 0 Å². The summed E-state index contributed by atoms with van der Waals surface area (Å²) in [6.45, 7) is 9.36. The molecule has 0 saturated carbocycles. The van der Waals surface area contributed by atoms with Crippen LogP contribution in [-0.4, -0.2) is 44.4 Å². The van der Waals surface area contributed by atoms with Gasteiger partial charge in [-0.3, -0.25) is 4.90 Å². The van der Waals surface area contributed by atoms with Crippen molar-refractivity contribution in [2.75, 3.05) is 45.3 Å². The molecule has 0 unspecified atom stereocenters. The Bertz CT molecular complexity index is 378. The molecule has 0 atom stereocenters. The number of rotatable bonds is 10. The Morgan fingerprint density at radius 1 is 1.10 bits per heavy atom. The van der Waals surface area contributed by atoms with Crippen LogP contribution < -0.4 is 5.73 Å². The average Bonchev–Trinajstić information content (AvgIpc) is 2.43. The lowest BCUT2D eigenvalue weighted by Gasteiger charge is -2.23. The highest BCUT2D eigenvalue weighted by Gasteiger charge is 2.09. The van der Waals surface area contributed by atoms with Gasteiger partial charge in [0.2, 0.25) is 0 Å². The molecule has 0 aliphatic rings. The maximum absolute atomic E-state index is 6.03. The van der Waals surface area contributed by atoms with Crippen LogP contribution >= 0.6 is 11.6 Å². The maximum atomic E-state index is 6.03. The minimum atomic E-state index is 0.711. The van der Waals surface area contributed by atoms with Crippen LogP contribution in [0.15, 0.2) is 18.2 Å². The number of ether oxygens (including phenoxy) is 2. The second-order valence-electron chi connectivity index (χ2n) is 4.51. The molecule has 1 rings (SSSR count). The SMILES string of the molecule is CCOCCN(CCOCC)Cc1cc(Cl)ccc1N. The first-order chi connectivity index (χ1) is 9.67. The molecule has 5 heteroatoms. The van der Waals surface area contributed by atoms with Crippen molar-refractivity contribution in [3.8, 4) is 0 Å². The van der Waals surface area contributed by atoms with Gasteiger partial charge in [0.15, 0.2) is 0 Å². The van der Waals surface area contributed by atoms with Crippen molar-refractivity contribution >= 4 is 17.3 Å². The van der Waals surface area contributed by atoms with Crippen molar-refractivity contribution in [3.05, 3.63) is 28.8 Å². The number of nitrogen functional groups attached to an aromatic ring is 1. The zero-order chi connectivity index (χ0) is 14.8. The van der Waals surface area contributed by atoms with E-state index < -0.39 is 0 Å². The van der Waals surface area contributed by atoms with Gasteiger partial charge in [-0.25, -0.2) is 0 Å². The highest BCUT2D eigenvalue weighted by molar-refractivity contribution is 6.30. The second-order valence-corrected chi connectivity index (χ2v) is 4.95. The van der Waals surface area contributed by atoms with Gasteiger partial charge in [0, 0.05) is 43.6 Å². The van der Waals surface area contributed by atoms with E-state index in [0.29, 0.717) is 18.2 Å². The zero-order valence-corrected chi connectivity index (χ0v) is 13.2. The van der Waals surface area contributed by atoms with Crippen molar-refractivity contribution in [2.45, 2.75) is 20.4 Å². The predicted molar refractivity (Wildman–Crippen MR) is 84.1 cm³/mol. The smallest absolute Gasteiger partial charge is 0.0593 e. The van der Waals surface area contributed by atoms with E-state index in [1.807, 2.05) is 32.0 Å². The van der Waals surface area contributed by atoms with E-state index in [-0.39, 0.29) is 0 Å². The highest BCUT2D eigenvalue weighted by atomic mass is 35.5. The molecular formula is C15H25ClN2O2. The third-order valence-electron chi connectivity index (χ3n) is 3.01. The van der Waals surface area contributed by atoms with E-state index in [1.54, 1.807) is 0 Å². The van der Waals surface area contributed by atoms with E-state index in [0.717, 1.165) is 44.1 Å². The fourth-order valence-corrected chi connectivity index (χ4v) is 2.09. The van der Waals surface area contributed by atoms with Crippen LogP contribution in [0.4, 0.5) is 5.69 Å². The number of benzene rings is 1. The van der Waals surface area contributed by atoms with Crippen molar-refractivity contribution in [1.82, 2.24) is 4.90 Å². The molecule has 0 saturated heterocycles. The van der Waals surface area contributed by atoms with E-state index in [2.05, 4.69) is 4.90 Å². The average molecular weight is 301 g/mol. The standard InChI is InChI=1S/C15H25ClN2O2/c1-3-19-9-7-18(8-10-20-4-2)12-13-11-14(16)5-6-15(13)17/h5-6,11H,3-4,7-10,12,17H2,1-2H3. The molecule has 0 aliphatic heterocycles. The third-order valence-corrected chi connectivity index (χ3v) is 3.25. The third kappa shape index (κ3) is 6.57. The van der Waals surface area contributed by atoms with Gasteiger partial charge in [-0.2, -0.15) is 0 Å². The number of halogens is 1. The number of nitrogens with two attached hydrogens (primary N) is 1. The van der Waals surface area contributed by atoms with Crippen LogP contribution in [-0.2, 0) is 16.0 Å². The van der Waals surface area contributed by atoms with Gasteiger partial charge in [0.1, 0.15) is 0 Å². The van der Waals surface area contributed by atoms with E-state index >= 15 is 0 Å². The molecule has 4 nitrogen and oxygen atoms in total. The Labute approximate surface area is 126 Å². The molecule has 20 heavy (non-hydrogen) atoms. The maximum Gasteiger partial charge on any atom is 0.0593 e. The molecule has 0 radical (unpaired) electrons. The van der Waals surface area contributed by atoms with Gasteiger partial charge in [0.25, 0.3) is 0 Å². The summed E-state index contributed by atoms with van der Waals surface area (Å²) in [5.41, 5.74) is 7.82. The Morgan fingerprint density at radius 2 is 1.70 bits per heavy atom. The number of hydrogen-bond acceptors (Lipinski definition) is 4. The van der Waals surface area contributed by atoms with Crippen LogP contribution in [0, 0.1) is 0 Å². The quantitative estimate of drug-likeness (QED) is 0.533. The molecule has 0 fully saturated rings. The summed E-state index contributed by atoms with van der Waals surface area (Å²) in [6.07, 6.45) is 0. The molecule has 0 aromatic heterocycles. The Balaban J connectivity index is 2.58. The van der Waals surface area contributed by atoms with Crippen LogP contribution in [0.25, 0.3) is 0 Å². The van der Waals surface area contributed by atoms with E-state index in [9.17, 15) is 0 Å². The minimum Gasteiger partial charge on any atom is -0.398 e. The molecule has 114 valence electrons. The molecule has 0 spiro atoms. The van der Waals surface area contributed by atoms with E-state index in [4.69, 9.17) is 26.8 Å². The Kier molecular flexibility index (Phi) is 8.62. The van der Waals surface area contributed by atoms with Gasteiger partial charge in [0.05, 0.1) is 13.2 Å². The van der Waals surface area contributed by atoms with Crippen molar-refractivity contribution in [3.63, 3.8) is 0 Å². The monoisotopic (exact) mass is 300 g/mol. The lowest BCUT2D eigenvalue weighted by molar-refractivity contribution is 0.0798. The summed E-state index contributed by atoms with van der Waals surface area (Å²) >= 11 is 6.03. The normalized spacial score (nSPS) is 11.2. The fourth-order valence-electron chi connectivity index (χ4n) is 1.90. The van der Waals surface area contributed by atoms with Crippen LogP contribution in [0.3, 0.4) is 0 Å². The predicted octanol–water partition coefficient (Wildman–Crippen LogP) is 2.80. The summed E-state index contributed by atoms with van der Waals surface area (Å²) in [5.74, 6) is 0. The minimum absolute atomic E-state index is 0.711. The van der Waals surface area contributed by atoms with Crippen molar-refractivity contribution < 1.29 is 9.47 Å². The number of anilines is 1. The first kappa shape index (κ1) is 17.2. The Morgan fingerprint density at radius 3 is 2.25 bits per heavy atom. The number of nitrogens with zero attached hydrogens (tertiary/aromatic N) is 1. The zero-order valence-electron chi connectivity index (χ0n) is 12.4. The van der Waals surface area contributed by atoms with E-state index in [1.165, 1.54) is 0 Å². The van der Waals surface area contributed by atoms with Gasteiger partial charge < -0.3 is 15.2 Å². The first-order valence-corrected chi connectivity index (χ1v) is 7.46. The molecule has 1 aromatic rings. The van der Waals surface area contributed by atoms with Crippen LogP contribution in [0.1, 0.15) is 19.4 Å². The molecule has 0 amide bonds. The summed E-state index contributed by atoms with van der Waals surface area (Å²) in [5, 5.41) is 0.712.